The SMILES string of the molecule is C[Si](C)=[Zr+2].Cc1cc2c(-c3ccccn3)cc(-c3ccccn3)cc2[cH-]1.Cc1cc2c(-c3ccccn3)cc(-c3ccccn3)cc2[cH-]1.[Cl-].[Cl-]. The van der Waals surface area contributed by atoms with E-state index in [0.717, 1.165) is 45.0 Å². The van der Waals surface area contributed by atoms with Crippen LogP contribution in [0.3, 0.4) is 0 Å². The molecule has 50 heavy (non-hydrogen) atoms. The molecule has 0 aliphatic heterocycles. The number of aromatic nitrogens is 4. The zero-order valence-electron chi connectivity index (χ0n) is 28.4. The van der Waals surface area contributed by atoms with Crippen LogP contribution in [0.4, 0.5) is 0 Å². The summed E-state index contributed by atoms with van der Waals surface area (Å²) in [5, 5.41) is 4.97. The number of fused-ring (bicyclic) bond motifs is 2. The van der Waals surface area contributed by atoms with Gasteiger partial charge in [0.2, 0.25) is 0 Å². The van der Waals surface area contributed by atoms with Gasteiger partial charge in [0.25, 0.3) is 0 Å². The molecule has 0 aliphatic carbocycles. The number of aryl methyl sites for hydroxylation is 2. The van der Waals surface area contributed by atoms with E-state index in [-0.39, 0.29) is 30.2 Å². The third-order valence-electron chi connectivity index (χ3n) is 7.74. The third-order valence-corrected chi connectivity index (χ3v) is 7.74. The number of hydrogen-bond donors (Lipinski definition) is 0. The molecule has 8 aromatic rings. The molecule has 0 spiro atoms. The zero-order valence-corrected chi connectivity index (χ0v) is 33.4. The largest absolute Gasteiger partial charge is 1.00 e. The Morgan fingerprint density at radius 3 is 1.10 bits per heavy atom. The van der Waals surface area contributed by atoms with Crippen LogP contribution in [-0.4, -0.2) is 25.4 Å². The molecule has 8 rings (SSSR count). The Hall–Kier alpha value is -4.06. The van der Waals surface area contributed by atoms with Gasteiger partial charge < -0.3 is 24.8 Å². The molecule has 0 amide bonds. The maximum absolute atomic E-state index is 4.52. The maximum atomic E-state index is 4.52. The van der Waals surface area contributed by atoms with Gasteiger partial charge in [-0.25, -0.2) is 0 Å². The minimum Gasteiger partial charge on any atom is -1.00 e. The van der Waals surface area contributed by atoms with Gasteiger partial charge in [-0.1, -0.05) is 50.2 Å². The van der Waals surface area contributed by atoms with Crippen LogP contribution in [0.15, 0.2) is 146 Å². The van der Waals surface area contributed by atoms with Crippen molar-refractivity contribution < 1.29 is 48.1 Å². The van der Waals surface area contributed by atoms with E-state index in [1.807, 2.05) is 85.5 Å². The van der Waals surface area contributed by atoms with E-state index >= 15 is 0 Å². The minimum absolute atomic E-state index is 0. The van der Waals surface area contributed by atoms with Crippen molar-refractivity contribution in [3.05, 3.63) is 157 Å². The average Bonchev–Trinajstić information content (AvgIpc) is 3.69. The summed E-state index contributed by atoms with van der Waals surface area (Å²) >= 11 is 1.74. The normalized spacial score (nSPS) is 10.2. The molecule has 8 heteroatoms. The van der Waals surface area contributed by atoms with E-state index in [2.05, 4.69) is 108 Å². The predicted octanol–water partition coefficient (Wildman–Crippen LogP) is 4.77. The van der Waals surface area contributed by atoms with Gasteiger partial charge in [0.15, 0.2) is 0 Å². The molecule has 4 aromatic heterocycles. The molecule has 0 N–H and O–H groups in total. The van der Waals surface area contributed by atoms with E-state index in [0.29, 0.717) is 0 Å². The van der Waals surface area contributed by atoms with Crippen LogP contribution in [0.25, 0.3) is 66.6 Å². The second-order valence-corrected chi connectivity index (χ2v) is 21.4. The molecular formula is C42H36Cl2N4SiZr-2. The van der Waals surface area contributed by atoms with Crippen molar-refractivity contribution in [3.8, 4) is 45.0 Å². The van der Waals surface area contributed by atoms with Crippen LogP contribution < -0.4 is 24.8 Å². The minimum atomic E-state index is 0. The maximum Gasteiger partial charge on any atom is 0.0609 e. The van der Waals surface area contributed by atoms with Crippen LogP contribution in [-0.2, 0) is 23.3 Å². The van der Waals surface area contributed by atoms with Gasteiger partial charge in [0.1, 0.15) is 0 Å². The summed E-state index contributed by atoms with van der Waals surface area (Å²) in [7, 11) is 0. The fourth-order valence-electron chi connectivity index (χ4n) is 5.77. The molecule has 0 fully saturated rings. The van der Waals surface area contributed by atoms with Gasteiger partial charge in [0.05, 0.1) is 22.8 Å². The summed E-state index contributed by atoms with van der Waals surface area (Å²) in [6.07, 6.45) is 7.33. The van der Waals surface area contributed by atoms with E-state index in [1.54, 1.807) is 23.3 Å². The second-order valence-electron chi connectivity index (χ2n) is 12.0. The number of hydrogen-bond acceptors (Lipinski definition) is 4. The van der Waals surface area contributed by atoms with Crippen molar-refractivity contribution >= 4 is 27.0 Å². The van der Waals surface area contributed by atoms with E-state index in [1.165, 1.54) is 32.7 Å². The Balaban J connectivity index is 0.000000196. The summed E-state index contributed by atoms with van der Waals surface area (Å²) in [5.41, 5.74) is 11.3. The molecule has 248 valence electrons. The van der Waals surface area contributed by atoms with E-state index < -0.39 is 0 Å². The molecule has 0 saturated heterocycles. The first-order valence-electron chi connectivity index (χ1n) is 16.0. The Morgan fingerprint density at radius 2 is 0.800 bits per heavy atom. The summed E-state index contributed by atoms with van der Waals surface area (Å²) in [4.78, 5) is 18.0. The third kappa shape index (κ3) is 9.58. The molecule has 4 aromatic carbocycles. The van der Waals surface area contributed by atoms with Gasteiger partial charge in [-0.2, -0.15) is 12.1 Å². The van der Waals surface area contributed by atoms with Gasteiger partial charge in [-0.05, 0) is 70.8 Å². The van der Waals surface area contributed by atoms with Gasteiger partial charge >= 0.3 is 41.9 Å². The van der Waals surface area contributed by atoms with Crippen molar-refractivity contribution in [3.63, 3.8) is 0 Å². The number of halogens is 2. The summed E-state index contributed by atoms with van der Waals surface area (Å²) < 4.78 is 0. The van der Waals surface area contributed by atoms with Gasteiger partial charge in [0, 0.05) is 24.8 Å². The van der Waals surface area contributed by atoms with E-state index in [4.69, 9.17) is 0 Å². The van der Waals surface area contributed by atoms with Crippen molar-refractivity contribution in [1.29, 1.82) is 0 Å². The van der Waals surface area contributed by atoms with Crippen LogP contribution in [0.1, 0.15) is 11.1 Å². The number of rotatable bonds is 4. The van der Waals surface area contributed by atoms with Crippen molar-refractivity contribution in [1.82, 2.24) is 19.9 Å². The average molecular weight is 787 g/mol. The summed E-state index contributed by atoms with van der Waals surface area (Å²) in [6, 6.07) is 41.7. The number of benzene rings is 2. The van der Waals surface area contributed by atoms with Crippen molar-refractivity contribution in [2.45, 2.75) is 26.9 Å². The van der Waals surface area contributed by atoms with Gasteiger partial charge in [-0.15, -0.1) is 56.9 Å². The van der Waals surface area contributed by atoms with Crippen LogP contribution in [0, 0.1) is 13.8 Å². The Labute approximate surface area is 322 Å². The Kier molecular flexibility index (Phi) is 14.1. The van der Waals surface area contributed by atoms with Gasteiger partial charge in [-0.3, -0.25) is 19.9 Å². The molecule has 4 nitrogen and oxygen atoms in total. The fourth-order valence-corrected chi connectivity index (χ4v) is 5.77. The number of nitrogens with zero attached hydrogens (tertiary/aromatic N) is 4. The predicted molar refractivity (Wildman–Crippen MR) is 199 cm³/mol. The molecule has 0 saturated carbocycles. The standard InChI is InChI=1S/2C20H15N2.C2H6Si.2ClH.Zr/c2*1-14-10-15-12-16(19-6-2-4-8-21-19)13-18(17(15)11-14)20-7-3-5-9-22-20;1-3-2;;;/h2*2-13H,1H3;1-2H3;2*1H;/q2*-1;;;;+2/p-2. The Bertz CT molecular complexity index is 2130. The molecular weight excluding hydrogens is 751 g/mol. The second kappa shape index (κ2) is 18.3. The molecule has 0 radical (unpaired) electrons. The summed E-state index contributed by atoms with van der Waals surface area (Å²) in [6.45, 7) is 8.87. The van der Waals surface area contributed by atoms with E-state index in [9.17, 15) is 0 Å². The summed E-state index contributed by atoms with van der Waals surface area (Å²) in [5.74, 6) is 0. The molecule has 4 heterocycles. The van der Waals surface area contributed by atoms with Crippen LogP contribution in [0.2, 0.25) is 13.1 Å². The first-order valence-corrected chi connectivity index (χ1v) is 22.1. The molecule has 0 bridgehead atoms. The quantitative estimate of drug-likeness (QED) is 0.191. The van der Waals surface area contributed by atoms with Crippen LogP contribution in [0.5, 0.6) is 0 Å². The topological polar surface area (TPSA) is 51.6 Å². The molecule has 0 aliphatic rings. The molecule has 0 atom stereocenters. The smallest absolute Gasteiger partial charge is 0.0609 e. The fraction of sp³-hybridized carbons (Fsp3) is 0.0952. The zero-order chi connectivity index (χ0) is 33.5. The molecule has 0 unspecified atom stereocenters. The van der Waals surface area contributed by atoms with Crippen molar-refractivity contribution in [2.75, 3.05) is 0 Å². The first kappa shape index (κ1) is 38.7. The van der Waals surface area contributed by atoms with Crippen molar-refractivity contribution in [2.24, 2.45) is 0 Å². The Morgan fingerprint density at radius 1 is 0.480 bits per heavy atom. The van der Waals surface area contributed by atoms with Crippen LogP contribution >= 0.6 is 0 Å². The first-order chi connectivity index (χ1) is 23.4. The number of pyridine rings is 4. The monoisotopic (exact) mass is 784 g/mol.